The number of ether oxygens (including phenoxy) is 1. The number of hydrogen-bond acceptors (Lipinski definition) is 5. The SMILES string of the molecule is CC(C)S(=O)(=O)CCOc1ccc2c(c1)/C(=N\O)CCC2. The monoisotopic (exact) mass is 311 g/mol. The fourth-order valence-electron chi connectivity index (χ4n) is 2.33. The molecule has 0 amide bonds. The summed E-state index contributed by atoms with van der Waals surface area (Å²) in [7, 11) is -3.09. The maximum Gasteiger partial charge on any atom is 0.155 e. The first-order valence-corrected chi connectivity index (χ1v) is 8.84. The largest absolute Gasteiger partial charge is 0.493 e. The van der Waals surface area contributed by atoms with Gasteiger partial charge in [0.25, 0.3) is 0 Å². The average Bonchev–Trinajstić information content (AvgIpc) is 2.46. The maximum absolute atomic E-state index is 11.7. The predicted octanol–water partition coefficient (Wildman–Crippen LogP) is 2.40. The molecule has 0 unspecified atom stereocenters. The van der Waals surface area contributed by atoms with Crippen molar-refractivity contribution >= 4 is 15.5 Å². The zero-order valence-corrected chi connectivity index (χ0v) is 13.2. The summed E-state index contributed by atoms with van der Waals surface area (Å²) in [5.74, 6) is 0.610. The smallest absolute Gasteiger partial charge is 0.155 e. The molecule has 1 aliphatic rings. The molecule has 116 valence electrons. The Kier molecular flexibility index (Phi) is 4.88. The standard InChI is InChI=1S/C15H21NO4S/c1-11(2)21(18,19)9-8-20-13-7-6-12-4-3-5-15(16-17)14(12)10-13/h6-7,10-11,17H,3-5,8-9H2,1-2H3/b16-15-. The number of sulfone groups is 1. The molecule has 0 heterocycles. The van der Waals surface area contributed by atoms with E-state index in [2.05, 4.69) is 5.16 Å². The maximum atomic E-state index is 11.7. The van der Waals surface area contributed by atoms with Crippen molar-refractivity contribution in [2.24, 2.45) is 5.16 Å². The van der Waals surface area contributed by atoms with Crippen LogP contribution in [0.1, 0.15) is 37.8 Å². The number of hydrogen-bond donors (Lipinski definition) is 1. The van der Waals surface area contributed by atoms with Crippen molar-refractivity contribution in [1.29, 1.82) is 0 Å². The van der Waals surface area contributed by atoms with E-state index in [0.29, 0.717) is 11.5 Å². The predicted molar refractivity (Wildman–Crippen MR) is 82.1 cm³/mol. The van der Waals surface area contributed by atoms with Gasteiger partial charge < -0.3 is 9.94 Å². The van der Waals surface area contributed by atoms with E-state index in [9.17, 15) is 8.42 Å². The van der Waals surface area contributed by atoms with Gasteiger partial charge in [-0.25, -0.2) is 8.42 Å². The fourth-order valence-corrected chi connectivity index (χ4v) is 3.12. The molecule has 1 N–H and O–H groups in total. The van der Waals surface area contributed by atoms with Gasteiger partial charge in [0.05, 0.1) is 16.7 Å². The molecule has 0 bridgehead atoms. The molecule has 0 aromatic heterocycles. The van der Waals surface area contributed by atoms with E-state index >= 15 is 0 Å². The molecule has 0 saturated heterocycles. The summed E-state index contributed by atoms with van der Waals surface area (Å²) in [6, 6.07) is 5.61. The van der Waals surface area contributed by atoms with E-state index in [1.165, 1.54) is 0 Å². The zero-order valence-electron chi connectivity index (χ0n) is 12.4. The van der Waals surface area contributed by atoms with Gasteiger partial charge in [0, 0.05) is 5.56 Å². The number of oxime groups is 1. The van der Waals surface area contributed by atoms with Crippen LogP contribution >= 0.6 is 0 Å². The summed E-state index contributed by atoms with van der Waals surface area (Å²) in [6.07, 6.45) is 2.67. The van der Waals surface area contributed by atoms with Crippen molar-refractivity contribution in [2.75, 3.05) is 12.4 Å². The van der Waals surface area contributed by atoms with E-state index in [4.69, 9.17) is 9.94 Å². The van der Waals surface area contributed by atoms with Gasteiger partial charge in [-0.1, -0.05) is 11.2 Å². The van der Waals surface area contributed by atoms with Gasteiger partial charge in [0.2, 0.25) is 0 Å². The number of rotatable bonds is 5. The lowest BCUT2D eigenvalue weighted by atomic mass is 9.90. The van der Waals surface area contributed by atoms with E-state index in [1.807, 2.05) is 18.2 Å². The average molecular weight is 311 g/mol. The molecule has 1 aliphatic carbocycles. The molecule has 6 heteroatoms. The van der Waals surface area contributed by atoms with Crippen molar-refractivity contribution in [3.05, 3.63) is 29.3 Å². The number of aryl methyl sites for hydroxylation is 1. The topological polar surface area (TPSA) is 76.0 Å². The summed E-state index contributed by atoms with van der Waals surface area (Å²) in [4.78, 5) is 0. The first-order chi connectivity index (χ1) is 9.94. The number of fused-ring (bicyclic) bond motifs is 1. The van der Waals surface area contributed by atoms with Gasteiger partial charge in [-0.3, -0.25) is 0 Å². The number of benzene rings is 1. The summed E-state index contributed by atoms with van der Waals surface area (Å²) in [6.45, 7) is 3.46. The first-order valence-electron chi connectivity index (χ1n) is 7.12. The second kappa shape index (κ2) is 6.47. The lowest BCUT2D eigenvalue weighted by Gasteiger charge is -2.18. The minimum Gasteiger partial charge on any atom is -0.493 e. The minimum absolute atomic E-state index is 0.00268. The molecule has 0 fully saturated rings. The Labute approximate surface area is 125 Å². The normalized spacial score (nSPS) is 17.0. The molecule has 0 saturated carbocycles. The van der Waals surface area contributed by atoms with Crippen LogP contribution in [0.25, 0.3) is 0 Å². The highest BCUT2D eigenvalue weighted by molar-refractivity contribution is 7.91. The van der Waals surface area contributed by atoms with E-state index in [-0.39, 0.29) is 12.4 Å². The summed E-state index contributed by atoms with van der Waals surface area (Å²) >= 11 is 0. The molecule has 1 aromatic rings. The van der Waals surface area contributed by atoms with Crippen molar-refractivity contribution in [2.45, 2.75) is 38.4 Å². The molecular formula is C15H21NO4S. The van der Waals surface area contributed by atoms with Crippen molar-refractivity contribution in [1.82, 2.24) is 0 Å². The molecule has 1 aromatic carbocycles. The van der Waals surface area contributed by atoms with Gasteiger partial charge in [-0.2, -0.15) is 0 Å². The molecule has 0 radical (unpaired) electrons. The summed E-state index contributed by atoms with van der Waals surface area (Å²) in [5, 5.41) is 12.0. The molecule has 0 spiro atoms. The van der Waals surface area contributed by atoms with Crippen LogP contribution in [0, 0.1) is 0 Å². The van der Waals surface area contributed by atoms with Crippen molar-refractivity contribution in [3.63, 3.8) is 0 Å². The van der Waals surface area contributed by atoms with E-state index in [1.54, 1.807) is 13.8 Å². The second-order valence-corrected chi connectivity index (χ2v) is 8.16. The van der Waals surface area contributed by atoms with Crippen LogP contribution in [-0.4, -0.2) is 36.9 Å². The lowest BCUT2D eigenvalue weighted by molar-refractivity contribution is 0.317. The first kappa shape index (κ1) is 15.8. The fraction of sp³-hybridized carbons (Fsp3) is 0.533. The Bertz CT molecular complexity index is 635. The summed E-state index contributed by atoms with van der Waals surface area (Å²) < 4.78 is 29.0. The third kappa shape index (κ3) is 3.75. The van der Waals surface area contributed by atoms with Crippen LogP contribution in [0.3, 0.4) is 0 Å². The van der Waals surface area contributed by atoms with Crippen LogP contribution in [0.2, 0.25) is 0 Å². The quantitative estimate of drug-likeness (QED) is 0.669. The van der Waals surface area contributed by atoms with Crippen LogP contribution in [0.5, 0.6) is 5.75 Å². The van der Waals surface area contributed by atoms with Gasteiger partial charge in [-0.05, 0) is 50.8 Å². The Hall–Kier alpha value is -1.56. The Morgan fingerprint density at radius 1 is 1.33 bits per heavy atom. The third-order valence-electron chi connectivity index (χ3n) is 3.73. The summed E-state index contributed by atoms with van der Waals surface area (Å²) in [5.41, 5.74) is 2.70. The molecule has 0 aliphatic heterocycles. The number of nitrogens with zero attached hydrogens (tertiary/aromatic N) is 1. The minimum atomic E-state index is -3.09. The van der Waals surface area contributed by atoms with Gasteiger partial charge in [0.1, 0.15) is 12.4 Å². The Morgan fingerprint density at radius 2 is 2.10 bits per heavy atom. The molecule has 5 nitrogen and oxygen atoms in total. The lowest BCUT2D eigenvalue weighted by Crippen LogP contribution is -2.22. The van der Waals surface area contributed by atoms with Crippen LogP contribution < -0.4 is 4.74 Å². The highest BCUT2D eigenvalue weighted by atomic mass is 32.2. The molecule has 21 heavy (non-hydrogen) atoms. The van der Waals surface area contributed by atoms with Gasteiger partial charge in [-0.15, -0.1) is 0 Å². The van der Waals surface area contributed by atoms with Gasteiger partial charge >= 0.3 is 0 Å². The van der Waals surface area contributed by atoms with Crippen LogP contribution in [0.4, 0.5) is 0 Å². The van der Waals surface area contributed by atoms with Crippen molar-refractivity contribution < 1.29 is 18.4 Å². The van der Waals surface area contributed by atoms with Gasteiger partial charge in [0.15, 0.2) is 9.84 Å². The molecule has 0 atom stereocenters. The Balaban J connectivity index is 2.06. The molecule has 2 rings (SSSR count). The van der Waals surface area contributed by atoms with Crippen LogP contribution in [-0.2, 0) is 16.3 Å². The molecular weight excluding hydrogens is 290 g/mol. The zero-order chi connectivity index (χ0) is 15.5. The highest BCUT2D eigenvalue weighted by Gasteiger charge is 2.18. The second-order valence-electron chi connectivity index (χ2n) is 5.48. The Morgan fingerprint density at radius 3 is 2.76 bits per heavy atom. The van der Waals surface area contributed by atoms with E-state index < -0.39 is 15.1 Å². The van der Waals surface area contributed by atoms with E-state index in [0.717, 1.165) is 30.4 Å². The van der Waals surface area contributed by atoms with Crippen molar-refractivity contribution in [3.8, 4) is 5.75 Å². The highest BCUT2D eigenvalue weighted by Crippen LogP contribution is 2.26. The van der Waals surface area contributed by atoms with Crippen LogP contribution in [0.15, 0.2) is 23.4 Å². The third-order valence-corrected chi connectivity index (χ3v) is 5.90.